The van der Waals surface area contributed by atoms with E-state index in [0.29, 0.717) is 13.0 Å². The van der Waals surface area contributed by atoms with Crippen LogP contribution in [0, 0.1) is 5.92 Å². The highest BCUT2D eigenvalue weighted by molar-refractivity contribution is 5.83. The molecule has 1 heterocycles. The van der Waals surface area contributed by atoms with Gasteiger partial charge >= 0.3 is 12.1 Å². The van der Waals surface area contributed by atoms with Gasteiger partial charge in [0.05, 0.1) is 0 Å². The molecule has 2 rings (SSSR count). The van der Waals surface area contributed by atoms with E-state index in [1.165, 1.54) is 0 Å². The van der Waals surface area contributed by atoms with Crippen LogP contribution in [-0.4, -0.2) is 42.0 Å². The summed E-state index contributed by atoms with van der Waals surface area (Å²) in [5, 5.41) is 1.91. The lowest BCUT2D eigenvalue weighted by Gasteiger charge is -2.17. The number of hydrogen-bond acceptors (Lipinski definition) is 2. The SMILES string of the molecule is O=C(C1CC1)N1CCC(NC(=O)C(F)(F)F)C1. The number of hydrogen-bond donors (Lipinski definition) is 1. The molecule has 1 aliphatic heterocycles. The molecule has 0 aromatic rings. The second-order valence-corrected chi connectivity index (χ2v) is 4.52. The molecule has 2 aliphatic rings. The average Bonchev–Trinajstić information content (AvgIpc) is 2.97. The molecule has 1 saturated heterocycles. The first-order valence-corrected chi connectivity index (χ1v) is 5.54. The van der Waals surface area contributed by atoms with E-state index >= 15 is 0 Å². The molecule has 2 amide bonds. The Morgan fingerprint density at radius 3 is 2.35 bits per heavy atom. The highest BCUT2D eigenvalue weighted by Crippen LogP contribution is 2.32. The van der Waals surface area contributed by atoms with E-state index < -0.39 is 18.1 Å². The van der Waals surface area contributed by atoms with Crippen LogP contribution in [0.4, 0.5) is 13.2 Å². The zero-order chi connectivity index (χ0) is 12.6. The van der Waals surface area contributed by atoms with Gasteiger partial charge in [-0.25, -0.2) is 0 Å². The average molecular weight is 250 g/mol. The first kappa shape index (κ1) is 12.2. The molecule has 0 aromatic heterocycles. The van der Waals surface area contributed by atoms with Gasteiger partial charge in [0.1, 0.15) is 0 Å². The van der Waals surface area contributed by atoms with Gasteiger partial charge in [-0.15, -0.1) is 0 Å². The molecule has 0 bridgehead atoms. The van der Waals surface area contributed by atoms with E-state index in [1.54, 1.807) is 4.90 Å². The number of alkyl halides is 3. The lowest BCUT2D eigenvalue weighted by Crippen LogP contribution is -2.44. The summed E-state index contributed by atoms with van der Waals surface area (Å²) in [5.41, 5.74) is 0. The fourth-order valence-electron chi connectivity index (χ4n) is 1.93. The summed E-state index contributed by atoms with van der Waals surface area (Å²) < 4.78 is 36.0. The highest BCUT2D eigenvalue weighted by Gasteiger charge is 2.42. The van der Waals surface area contributed by atoms with Crippen molar-refractivity contribution in [3.8, 4) is 0 Å². The van der Waals surface area contributed by atoms with Crippen molar-refractivity contribution in [2.75, 3.05) is 13.1 Å². The molecule has 0 aromatic carbocycles. The second-order valence-electron chi connectivity index (χ2n) is 4.52. The summed E-state index contributed by atoms with van der Waals surface area (Å²) >= 11 is 0. The number of rotatable bonds is 2. The van der Waals surface area contributed by atoms with Gasteiger partial charge in [-0.1, -0.05) is 0 Å². The van der Waals surface area contributed by atoms with Crippen molar-refractivity contribution >= 4 is 11.8 Å². The maximum atomic E-state index is 12.0. The van der Waals surface area contributed by atoms with Crippen LogP contribution in [-0.2, 0) is 9.59 Å². The molecule has 7 heteroatoms. The minimum absolute atomic E-state index is 0.00811. The highest BCUT2D eigenvalue weighted by atomic mass is 19.4. The van der Waals surface area contributed by atoms with Crippen LogP contribution < -0.4 is 5.32 Å². The fraction of sp³-hybridized carbons (Fsp3) is 0.800. The molecule has 1 saturated carbocycles. The summed E-state index contributed by atoms with van der Waals surface area (Å²) in [6.07, 6.45) is -2.72. The van der Waals surface area contributed by atoms with E-state index in [9.17, 15) is 22.8 Å². The Labute approximate surface area is 96.1 Å². The third-order valence-corrected chi connectivity index (χ3v) is 3.02. The van der Waals surface area contributed by atoms with Gasteiger partial charge in [-0.2, -0.15) is 13.2 Å². The van der Waals surface area contributed by atoms with Gasteiger partial charge < -0.3 is 10.2 Å². The van der Waals surface area contributed by atoms with Crippen LogP contribution in [0.15, 0.2) is 0 Å². The standard InChI is InChI=1S/C10H13F3N2O2/c11-10(12,13)9(17)14-7-3-4-15(5-7)8(16)6-1-2-6/h6-7H,1-5H2,(H,14,17). The van der Waals surface area contributed by atoms with Crippen LogP contribution in [0.1, 0.15) is 19.3 Å². The van der Waals surface area contributed by atoms with E-state index in [-0.39, 0.29) is 18.4 Å². The maximum absolute atomic E-state index is 12.0. The van der Waals surface area contributed by atoms with E-state index in [2.05, 4.69) is 0 Å². The van der Waals surface area contributed by atoms with Gasteiger partial charge in [0.2, 0.25) is 5.91 Å². The number of amides is 2. The third-order valence-electron chi connectivity index (χ3n) is 3.02. The number of halogens is 3. The first-order chi connectivity index (χ1) is 7.88. The molecular formula is C10H13F3N2O2. The maximum Gasteiger partial charge on any atom is 0.471 e. The number of nitrogens with one attached hydrogen (secondary N) is 1. The van der Waals surface area contributed by atoms with E-state index in [0.717, 1.165) is 12.8 Å². The molecule has 4 nitrogen and oxygen atoms in total. The van der Waals surface area contributed by atoms with Gasteiger partial charge in [0.25, 0.3) is 0 Å². The Morgan fingerprint density at radius 2 is 1.82 bits per heavy atom. The first-order valence-electron chi connectivity index (χ1n) is 5.54. The van der Waals surface area contributed by atoms with Crippen molar-refractivity contribution in [2.24, 2.45) is 5.92 Å². The zero-order valence-corrected chi connectivity index (χ0v) is 9.09. The molecular weight excluding hydrogens is 237 g/mol. The van der Waals surface area contributed by atoms with Gasteiger partial charge in [-0.3, -0.25) is 9.59 Å². The van der Waals surface area contributed by atoms with Crippen molar-refractivity contribution in [1.82, 2.24) is 10.2 Å². The Balaban J connectivity index is 1.81. The van der Waals surface area contributed by atoms with Crippen LogP contribution in [0.25, 0.3) is 0 Å². The van der Waals surface area contributed by atoms with E-state index in [1.807, 2.05) is 5.32 Å². The normalized spacial score (nSPS) is 24.9. The monoisotopic (exact) mass is 250 g/mol. The minimum Gasteiger partial charge on any atom is -0.344 e. The summed E-state index contributed by atoms with van der Waals surface area (Å²) in [5.74, 6) is -1.86. The van der Waals surface area contributed by atoms with Crippen molar-refractivity contribution in [3.63, 3.8) is 0 Å². The molecule has 1 unspecified atom stereocenters. The fourth-order valence-corrected chi connectivity index (χ4v) is 1.93. The molecule has 0 radical (unpaired) electrons. The third kappa shape index (κ3) is 2.89. The van der Waals surface area contributed by atoms with Crippen LogP contribution in [0.3, 0.4) is 0 Å². The number of carbonyl (C=O) groups is 2. The summed E-state index contributed by atoms with van der Waals surface area (Å²) in [4.78, 5) is 23.9. The van der Waals surface area contributed by atoms with Crippen LogP contribution >= 0.6 is 0 Å². The number of likely N-dealkylation sites (tertiary alicyclic amines) is 1. The van der Waals surface area contributed by atoms with Gasteiger partial charge in [0.15, 0.2) is 0 Å². The second kappa shape index (κ2) is 4.19. The van der Waals surface area contributed by atoms with E-state index in [4.69, 9.17) is 0 Å². The minimum atomic E-state index is -4.85. The number of carbonyl (C=O) groups excluding carboxylic acids is 2. The molecule has 96 valence electrons. The van der Waals surface area contributed by atoms with Gasteiger partial charge in [0, 0.05) is 25.0 Å². The quantitative estimate of drug-likeness (QED) is 0.783. The predicted octanol–water partition coefficient (Wildman–Crippen LogP) is 0.676. The molecule has 0 spiro atoms. The molecule has 17 heavy (non-hydrogen) atoms. The van der Waals surface area contributed by atoms with Gasteiger partial charge in [-0.05, 0) is 19.3 Å². The Morgan fingerprint density at radius 1 is 1.18 bits per heavy atom. The smallest absolute Gasteiger partial charge is 0.344 e. The predicted molar refractivity (Wildman–Crippen MR) is 51.9 cm³/mol. The topological polar surface area (TPSA) is 49.4 Å². The summed E-state index contributed by atoms with van der Waals surface area (Å²) in [6.45, 7) is 0.620. The Kier molecular flexibility index (Phi) is 3.01. The van der Waals surface area contributed by atoms with Crippen LogP contribution in [0.5, 0.6) is 0 Å². The largest absolute Gasteiger partial charge is 0.471 e. The summed E-state index contributed by atoms with van der Waals surface area (Å²) in [7, 11) is 0. The lowest BCUT2D eigenvalue weighted by atomic mass is 10.2. The van der Waals surface area contributed by atoms with Crippen LogP contribution in [0.2, 0.25) is 0 Å². The molecule has 1 atom stereocenters. The lowest BCUT2D eigenvalue weighted by molar-refractivity contribution is -0.174. The summed E-state index contributed by atoms with van der Waals surface area (Å²) in [6, 6.07) is -0.577. The van der Waals surface area contributed by atoms with Crippen molar-refractivity contribution in [1.29, 1.82) is 0 Å². The van der Waals surface area contributed by atoms with Crippen molar-refractivity contribution in [3.05, 3.63) is 0 Å². The molecule has 2 fully saturated rings. The zero-order valence-electron chi connectivity index (χ0n) is 9.09. The van der Waals surface area contributed by atoms with Crippen molar-refractivity contribution < 1.29 is 22.8 Å². The molecule has 1 aliphatic carbocycles. The Bertz CT molecular complexity index is 339. The van der Waals surface area contributed by atoms with Crippen molar-refractivity contribution in [2.45, 2.75) is 31.5 Å². The molecule has 1 N–H and O–H groups in total. The number of nitrogens with zero attached hydrogens (tertiary/aromatic N) is 1. The Hall–Kier alpha value is -1.27.